The van der Waals surface area contributed by atoms with Crippen molar-refractivity contribution in [2.75, 3.05) is 13.1 Å². The van der Waals surface area contributed by atoms with Gasteiger partial charge in [0.2, 0.25) is 15.9 Å². The highest BCUT2D eigenvalue weighted by atomic mass is 32.2. The Morgan fingerprint density at radius 3 is 2.47 bits per heavy atom. The minimum absolute atomic E-state index is 0.00664. The summed E-state index contributed by atoms with van der Waals surface area (Å²) >= 11 is 0. The van der Waals surface area contributed by atoms with Crippen molar-refractivity contribution >= 4 is 15.9 Å². The minimum atomic E-state index is -3.77. The van der Waals surface area contributed by atoms with Gasteiger partial charge in [0.25, 0.3) is 0 Å². The van der Waals surface area contributed by atoms with E-state index in [1.807, 2.05) is 39.0 Å². The zero-order valence-corrected chi connectivity index (χ0v) is 18.4. The van der Waals surface area contributed by atoms with E-state index in [4.69, 9.17) is 4.42 Å². The van der Waals surface area contributed by atoms with Gasteiger partial charge < -0.3 is 9.32 Å². The Kier molecular flexibility index (Phi) is 6.64. The molecule has 1 aromatic carbocycles. The molecule has 0 unspecified atom stereocenters. The SMILES string of the molecule is Cc1ccc(CN(C(=O)C2CCN(S(=O)(=O)c3ccccc3C#N)CC2)C(C)C)o1. The van der Waals surface area contributed by atoms with Crippen molar-refractivity contribution in [3.05, 3.63) is 53.5 Å². The van der Waals surface area contributed by atoms with E-state index in [1.54, 1.807) is 17.0 Å². The Bertz CT molecular complexity index is 1040. The number of rotatable bonds is 6. The van der Waals surface area contributed by atoms with E-state index in [9.17, 15) is 18.5 Å². The largest absolute Gasteiger partial charge is 0.464 e. The van der Waals surface area contributed by atoms with Crippen LogP contribution < -0.4 is 0 Å². The number of aryl methyl sites for hydroxylation is 1. The zero-order chi connectivity index (χ0) is 21.9. The summed E-state index contributed by atoms with van der Waals surface area (Å²) in [6, 6.07) is 11.9. The van der Waals surface area contributed by atoms with Crippen LogP contribution in [-0.2, 0) is 21.4 Å². The summed E-state index contributed by atoms with van der Waals surface area (Å²) in [5.74, 6) is 1.33. The second-order valence-corrected chi connectivity index (χ2v) is 9.76. The van der Waals surface area contributed by atoms with Gasteiger partial charge in [-0.25, -0.2) is 8.42 Å². The fourth-order valence-electron chi connectivity index (χ4n) is 3.75. The molecule has 0 aliphatic carbocycles. The van der Waals surface area contributed by atoms with Gasteiger partial charge in [0.15, 0.2) is 0 Å². The Morgan fingerprint density at radius 1 is 1.23 bits per heavy atom. The number of piperidine rings is 1. The van der Waals surface area contributed by atoms with E-state index in [0.717, 1.165) is 11.5 Å². The molecule has 1 saturated heterocycles. The minimum Gasteiger partial charge on any atom is -0.464 e. The molecule has 7 nitrogen and oxygen atoms in total. The molecular formula is C22H27N3O4S. The highest BCUT2D eigenvalue weighted by molar-refractivity contribution is 7.89. The fraction of sp³-hybridized carbons (Fsp3) is 0.455. The van der Waals surface area contributed by atoms with Crippen LogP contribution in [0.1, 0.15) is 43.8 Å². The van der Waals surface area contributed by atoms with Crippen LogP contribution >= 0.6 is 0 Å². The lowest BCUT2D eigenvalue weighted by Crippen LogP contribution is -2.46. The maximum Gasteiger partial charge on any atom is 0.244 e. The van der Waals surface area contributed by atoms with Gasteiger partial charge in [-0.2, -0.15) is 9.57 Å². The summed E-state index contributed by atoms with van der Waals surface area (Å²) in [5.41, 5.74) is 0.135. The van der Waals surface area contributed by atoms with Crippen molar-refractivity contribution in [2.45, 2.75) is 51.1 Å². The smallest absolute Gasteiger partial charge is 0.244 e. The molecule has 1 aromatic heterocycles. The third kappa shape index (κ3) is 4.58. The molecule has 0 bridgehead atoms. The van der Waals surface area contributed by atoms with Crippen molar-refractivity contribution in [1.29, 1.82) is 5.26 Å². The molecule has 0 saturated carbocycles. The predicted molar refractivity (Wildman–Crippen MR) is 112 cm³/mol. The van der Waals surface area contributed by atoms with Crippen LogP contribution in [0.5, 0.6) is 0 Å². The number of amides is 1. The average molecular weight is 430 g/mol. The first-order valence-corrected chi connectivity index (χ1v) is 11.5. The van der Waals surface area contributed by atoms with Crippen molar-refractivity contribution in [2.24, 2.45) is 5.92 Å². The van der Waals surface area contributed by atoms with E-state index >= 15 is 0 Å². The van der Waals surface area contributed by atoms with Crippen LogP contribution in [0, 0.1) is 24.2 Å². The third-order valence-electron chi connectivity index (χ3n) is 5.46. The molecule has 1 amide bonds. The molecule has 0 radical (unpaired) electrons. The molecule has 0 atom stereocenters. The molecule has 0 spiro atoms. The second kappa shape index (κ2) is 9.02. The second-order valence-electron chi connectivity index (χ2n) is 7.86. The van der Waals surface area contributed by atoms with Crippen LogP contribution in [0.4, 0.5) is 0 Å². The molecule has 1 aliphatic heterocycles. The van der Waals surface area contributed by atoms with Crippen LogP contribution in [0.15, 0.2) is 45.7 Å². The summed E-state index contributed by atoms with van der Waals surface area (Å²) in [6.45, 7) is 6.71. The number of benzene rings is 1. The summed E-state index contributed by atoms with van der Waals surface area (Å²) in [4.78, 5) is 15.0. The number of sulfonamides is 1. The molecule has 8 heteroatoms. The number of carbonyl (C=O) groups is 1. The fourth-order valence-corrected chi connectivity index (χ4v) is 5.37. The monoisotopic (exact) mass is 429 g/mol. The van der Waals surface area contributed by atoms with Gasteiger partial charge in [-0.15, -0.1) is 0 Å². The van der Waals surface area contributed by atoms with Crippen LogP contribution in [0.25, 0.3) is 0 Å². The number of hydrogen-bond acceptors (Lipinski definition) is 5. The van der Waals surface area contributed by atoms with Crippen LogP contribution in [-0.4, -0.2) is 42.7 Å². The Balaban J connectivity index is 1.69. The first-order valence-electron chi connectivity index (χ1n) is 10.1. The first-order chi connectivity index (χ1) is 14.2. The van der Waals surface area contributed by atoms with E-state index in [2.05, 4.69) is 0 Å². The van der Waals surface area contributed by atoms with Crippen molar-refractivity contribution in [3.63, 3.8) is 0 Å². The van der Waals surface area contributed by atoms with Gasteiger partial charge in [0.05, 0.1) is 17.0 Å². The molecule has 1 aliphatic rings. The Labute approximate surface area is 177 Å². The normalized spacial score (nSPS) is 15.8. The Morgan fingerprint density at radius 2 is 1.90 bits per heavy atom. The van der Waals surface area contributed by atoms with Gasteiger partial charge >= 0.3 is 0 Å². The quantitative estimate of drug-likeness (QED) is 0.702. The maximum absolute atomic E-state index is 13.2. The lowest BCUT2D eigenvalue weighted by molar-refractivity contribution is -0.139. The van der Waals surface area contributed by atoms with Crippen LogP contribution in [0.2, 0.25) is 0 Å². The molecule has 3 rings (SSSR count). The summed E-state index contributed by atoms with van der Waals surface area (Å²) < 4.78 is 33.0. The summed E-state index contributed by atoms with van der Waals surface area (Å²) in [5, 5.41) is 9.24. The van der Waals surface area contributed by atoms with Gasteiger partial charge in [-0.1, -0.05) is 12.1 Å². The lowest BCUT2D eigenvalue weighted by Gasteiger charge is -2.35. The van der Waals surface area contributed by atoms with E-state index in [1.165, 1.54) is 16.4 Å². The van der Waals surface area contributed by atoms with E-state index in [-0.39, 0.29) is 41.4 Å². The molecule has 2 aromatic rings. The van der Waals surface area contributed by atoms with Gasteiger partial charge in [0.1, 0.15) is 17.6 Å². The van der Waals surface area contributed by atoms with Crippen molar-refractivity contribution < 1.29 is 17.6 Å². The zero-order valence-electron chi connectivity index (χ0n) is 17.5. The van der Waals surface area contributed by atoms with Crippen molar-refractivity contribution in [3.8, 4) is 6.07 Å². The molecule has 30 heavy (non-hydrogen) atoms. The molecule has 1 fully saturated rings. The maximum atomic E-state index is 13.2. The first kappa shape index (κ1) is 22.1. The summed E-state index contributed by atoms with van der Waals surface area (Å²) in [6.07, 6.45) is 0.903. The molecule has 0 N–H and O–H groups in total. The van der Waals surface area contributed by atoms with Crippen molar-refractivity contribution in [1.82, 2.24) is 9.21 Å². The Hall–Kier alpha value is -2.63. The molecular weight excluding hydrogens is 402 g/mol. The summed E-state index contributed by atoms with van der Waals surface area (Å²) in [7, 11) is -3.77. The number of nitrogens with zero attached hydrogens (tertiary/aromatic N) is 3. The predicted octanol–water partition coefficient (Wildman–Crippen LogP) is 3.30. The highest BCUT2D eigenvalue weighted by Gasteiger charge is 2.35. The number of nitriles is 1. The third-order valence-corrected chi connectivity index (χ3v) is 7.41. The van der Waals surface area contributed by atoms with E-state index in [0.29, 0.717) is 19.4 Å². The lowest BCUT2D eigenvalue weighted by atomic mass is 9.96. The van der Waals surface area contributed by atoms with E-state index < -0.39 is 10.0 Å². The number of carbonyl (C=O) groups excluding carboxylic acids is 1. The van der Waals surface area contributed by atoms with Gasteiger partial charge in [-0.3, -0.25) is 4.79 Å². The standard InChI is InChI=1S/C22H27N3O4S/c1-16(2)25(15-20-9-8-17(3)29-20)22(26)18-10-12-24(13-11-18)30(27,28)21-7-5-4-6-19(21)14-23/h4-9,16,18H,10-13,15H2,1-3H3. The number of furan rings is 1. The van der Waals surface area contributed by atoms with Gasteiger partial charge in [0, 0.05) is 25.0 Å². The topological polar surface area (TPSA) is 94.6 Å². The average Bonchev–Trinajstić information content (AvgIpc) is 3.16. The molecule has 2 heterocycles. The highest BCUT2D eigenvalue weighted by Crippen LogP contribution is 2.27. The van der Waals surface area contributed by atoms with Crippen LogP contribution in [0.3, 0.4) is 0 Å². The number of hydrogen-bond donors (Lipinski definition) is 0. The molecule has 160 valence electrons. The van der Waals surface area contributed by atoms with Gasteiger partial charge in [-0.05, 0) is 57.9 Å².